The highest BCUT2D eigenvalue weighted by molar-refractivity contribution is 5.83. The maximum atomic E-state index is 4.44. The van der Waals surface area contributed by atoms with Crippen LogP contribution in [0, 0.1) is 0 Å². The molecule has 0 spiro atoms. The first-order chi connectivity index (χ1) is 6.45. The van der Waals surface area contributed by atoms with Crippen LogP contribution < -0.4 is 0 Å². The predicted molar refractivity (Wildman–Crippen MR) is 55.7 cm³/mol. The van der Waals surface area contributed by atoms with Gasteiger partial charge in [0.2, 0.25) is 0 Å². The molecule has 0 radical (unpaired) electrons. The summed E-state index contributed by atoms with van der Waals surface area (Å²) in [6.07, 6.45) is 9.84. The van der Waals surface area contributed by atoms with Crippen molar-refractivity contribution in [1.29, 1.82) is 0 Å². The van der Waals surface area contributed by atoms with Crippen LogP contribution in [-0.4, -0.2) is 6.21 Å². The largest absolute Gasteiger partial charge is 0.260 e. The van der Waals surface area contributed by atoms with Crippen molar-refractivity contribution in [2.24, 2.45) is 4.99 Å². The second kappa shape index (κ2) is 2.56. The Kier molecular flexibility index (Phi) is 1.39. The van der Waals surface area contributed by atoms with Crippen LogP contribution in [0.2, 0.25) is 0 Å². The standard InChI is InChI=1S/C12H11N/c1-2-4-11-9(3-1)5-6-10-7-8-13-12(10)11/h2,4-6,8H,1,3,7H2. The summed E-state index contributed by atoms with van der Waals surface area (Å²) < 4.78 is 0. The molecule has 1 aliphatic carbocycles. The fraction of sp³-hybridized carbons (Fsp3) is 0.250. The summed E-state index contributed by atoms with van der Waals surface area (Å²) >= 11 is 0. The van der Waals surface area contributed by atoms with Crippen molar-refractivity contribution in [3.8, 4) is 0 Å². The van der Waals surface area contributed by atoms with E-state index in [-0.39, 0.29) is 0 Å². The van der Waals surface area contributed by atoms with Crippen molar-refractivity contribution in [3.63, 3.8) is 0 Å². The summed E-state index contributed by atoms with van der Waals surface area (Å²) in [5, 5.41) is 0. The van der Waals surface area contributed by atoms with E-state index < -0.39 is 0 Å². The third-order valence-corrected chi connectivity index (χ3v) is 2.79. The SMILES string of the molecule is C1=Cc2c(ccc3c2N=CC3)CC1. The highest BCUT2D eigenvalue weighted by Crippen LogP contribution is 2.34. The Morgan fingerprint density at radius 2 is 2.08 bits per heavy atom. The minimum atomic E-state index is 1.01. The zero-order valence-electron chi connectivity index (χ0n) is 7.46. The molecular weight excluding hydrogens is 158 g/mol. The number of nitrogens with zero attached hydrogens (tertiary/aromatic N) is 1. The molecular formula is C12H11N. The lowest BCUT2D eigenvalue weighted by molar-refractivity contribution is 0.984. The highest BCUT2D eigenvalue weighted by Gasteiger charge is 2.14. The smallest absolute Gasteiger partial charge is 0.0736 e. The van der Waals surface area contributed by atoms with Crippen LogP contribution in [0.3, 0.4) is 0 Å². The van der Waals surface area contributed by atoms with Gasteiger partial charge in [0.15, 0.2) is 0 Å². The van der Waals surface area contributed by atoms with Crippen LogP contribution in [0.1, 0.15) is 23.1 Å². The van der Waals surface area contributed by atoms with Gasteiger partial charge in [-0.3, -0.25) is 4.99 Å². The van der Waals surface area contributed by atoms with Gasteiger partial charge in [-0.2, -0.15) is 0 Å². The van der Waals surface area contributed by atoms with Crippen molar-refractivity contribution in [1.82, 2.24) is 0 Å². The van der Waals surface area contributed by atoms with Gasteiger partial charge in [0.05, 0.1) is 5.69 Å². The summed E-state index contributed by atoms with van der Waals surface area (Å²) in [6, 6.07) is 4.48. The van der Waals surface area contributed by atoms with Gasteiger partial charge in [-0.25, -0.2) is 0 Å². The molecule has 0 bridgehead atoms. The van der Waals surface area contributed by atoms with E-state index in [2.05, 4.69) is 29.3 Å². The normalized spacial score (nSPS) is 17.2. The molecule has 3 rings (SSSR count). The maximum absolute atomic E-state index is 4.44. The number of hydrogen-bond donors (Lipinski definition) is 0. The van der Waals surface area contributed by atoms with Crippen LogP contribution in [-0.2, 0) is 12.8 Å². The molecule has 1 aliphatic heterocycles. The molecule has 2 aliphatic rings. The summed E-state index contributed by atoms with van der Waals surface area (Å²) in [5.41, 5.74) is 5.41. The Bertz CT molecular complexity index is 413. The molecule has 0 amide bonds. The highest BCUT2D eigenvalue weighted by atomic mass is 14.8. The van der Waals surface area contributed by atoms with Gasteiger partial charge < -0.3 is 0 Å². The van der Waals surface area contributed by atoms with Gasteiger partial charge in [-0.05, 0) is 24.0 Å². The van der Waals surface area contributed by atoms with Gasteiger partial charge in [-0.1, -0.05) is 24.3 Å². The Balaban J connectivity index is 2.29. The van der Waals surface area contributed by atoms with E-state index in [4.69, 9.17) is 0 Å². The number of rotatable bonds is 0. The molecule has 64 valence electrons. The second-order valence-corrected chi connectivity index (χ2v) is 3.60. The van der Waals surface area contributed by atoms with E-state index in [1.54, 1.807) is 0 Å². The van der Waals surface area contributed by atoms with E-state index in [9.17, 15) is 0 Å². The summed E-state index contributed by atoms with van der Waals surface area (Å²) in [7, 11) is 0. The number of benzene rings is 1. The van der Waals surface area contributed by atoms with Crippen molar-refractivity contribution in [2.45, 2.75) is 19.3 Å². The molecule has 1 aromatic rings. The topological polar surface area (TPSA) is 12.4 Å². The predicted octanol–water partition coefficient (Wildman–Crippen LogP) is 2.90. The maximum Gasteiger partial charge on any atom is 0.0736 e. The van der Waals surface area contributed by atoms with E-state index in [0.717, 1.165) is 6.42 Å². The number of fused-ring (bicyclic) bond motifs is 3. The lowest BCUT2D eigenvalue weighted by atomic mass is 9.93. The van der Waals surface area contributed by atoms with Crippen LogP contribution in [0.25, 0.3) is 6.08 Å². The Morgan fingerprint density at radius 1 is 1.15 bits per heavy atom. The average molecular weight is 169 g/mol. The summed E-state index contributed by atoms with van der Waals surface area (Å²) in [6.45, 7) is 0. The lowest BCUT2D eigenvalue weighted by Gasteiger charge is -2.12. The number of allylic oxidation sites excluding steroid dienone is 1. The lowest BCUT2D eigenvalue weighted by Crippen LogP contribution is -1.94. The minimum Gasteiger partial charge on any atom is -0.260 e. The molecule has 0 aromatic heterocycles. The minimum absolute atomic E-state index is 1.01. The number of hydrogen-bond acceptors (Lipinski definition) is 1. The van der Waals surface area contributed by atoms with E-state index in [0.29, 0.717) is 0 Å². The summed E-state index contributed by atoms with van der Waals surface area (Å²) in [5.74, 6) is 0. The van der Waals surface area contributed by atoms with E-state index >= 15 is 0 Å². The van der Waals surface area contributed by atoms with Crippen molar-refractivity contribution >= 4 is 18.0 Å². The molecule has 0 saturated heterocycles. The number of aryl methyl sites for hydroxylation is 1. The Morgan fingerprint density at radius 3 is 3.08 bits per heavy atom. The van der Waals surface area contributed by atoms with Crippen molar-refractivity contribution < 1.29 is 0 Å². The quantitative estimate of drug-likeness (QED) is 0.566. The zero-order valence-corrected chi connectivity index (χ0v) is 7.46. The molecule has 1 aromatic carbocycles. The third-order valence-electron chi connectivity index (χ3n) is 2.79. The van der Waals surface area contributed by atoms with Crippen LogP contribution in [0.4, 0.5) is 5.69 Å². The first-order valence-electron chi connectivity index (χ1n) is 4.79. The third kappa shape index (κ3) is 0.966. The van der Waals surface area contributed by atoms with Crippen molar-refractivity contribution in [3.05, 3.63) is 34.9 Å². The van der Waals surface area contributed by atoms with Crippen molar-refractivity contribution in [2.75, 3.05) is 0 Å². The molecule has 0 fully saturated rings. The van der Waals surface area contributed by atoms with E-state index in [1.807, 2.05) is 6.21 Å². The van der Waals surface area contributed by atoms with Crippen LogP contribution in [0.5, 0.6) is 0 Å². The van der Waals surface area contributed by atoms with Gasteiger partial charge in [0, 0.05) is 18.2 Å². The first-order valence-corrected chi connectivity index (χ1v) is 4.79. The van der Waals surface area contributed by atoms with Gasteiger partial charge in [0.25, 0.3) is 0 Å². The molecule has 13 heavy (non-hydrogen) atoms. The number of aliphatic imine (C=N–C) groups is 1. The second-order valence-electron chi connectivity index (χ2n) is 3.60. The zero-order chi connectivity index (χ0) is 8.67. The van der Waals surface area contributed by atoms with Gasteiger partial charge >= 0.3 is 0 Å². The molecule has 1 heteroatoms. The molecule has 0 N–H and O–H groups in total. The first kappa shape index (κ1) is 7.07. The molecule has 0 saturated carbocycles. The molecule has 1 heterocycles. The van der Waals surface area contributed by atoms with Gasteiger partial charge in [0.1, 0.15) is 0 Å². The van der Waals surface area contributed by atoms with Crippen LogP contribution >= 0.6 is 0 Å². The fourth-order valence-electron chi connectivity index (χ4n) is 2.09. The Labute approximate surface area is 77.8 Å². The molecule has 0 atom stereocenters. The summed E-state index contributed by atoms with van der Waals surface area (Å²) in [4.78, 5) is 4.44. The van der Waals surface area contributed by atoms with E-state index in [1.165, 1.54) is 35.2 Å². The average Bonchev–Trinajstić information content (AvgIpc) is 2.65. The fourth-order valence-corrected chi connectivity index (χ4v) is 2.09. The Hall–Kier alpha value is -1.37. The monoisotopic (exact) mass is 169 g/mol. The molecule has 0 unspecified atom stereocenters. The molecule has 1 nitrogen and oxygen atoms in total. The van der Waals surface area contributed by atoms with Gasteiger partial charge in [-0.15, -0.1) is 0 Å². The van der Waals surface area contributed by atoms with Crippen LogP contribution in [0.15, 0.2) is 23.2 Å².